The first-order valence-electron chi connectivity index (χ1n) is 5.81. The van der Waals surface area contributed by atoms with E-state index >= 15 is 0 Å². The van der Waals surface area contributed by atoms with E-state index in [0.717, 1.165) is 10.2 Å². The molecule has 0 aliphatic carbocycles. The molecule has 1 amide bonds. The molecule has 19 heavy (non-hydrogen) atoms. The predicted molar refractivity (Wildman–Crippen MR) is 78.8 cm³/mol. The second kappa shape index (κ2) is 5.30. The summed E-state index contributed by atoms with van der Waals surface area (Å²) in [5.74, 6) is 0.492. The number of aromatic nitrogens is 2. The fourth-order valence-corrected chi connectivity index (χ4v) is 2.57. The Labute approximate surface area is 120 Å². The summed E-state index contributed by atoms with van der Waals surface area (Å²) in [6.07, 6.45) is 0. The fraction of sp³-hybridized carbons (Fsp3) is 0.417. The van der Waals surface area contributed by atoms with Gasteiger partial charge in [-0.2, -0.15) is 0 Å². The smallest absolute Gasteiger partial charge is 0.239 e. The Bertz CT molecular complexity index is 605. The maximum absolute atomic E-state index is 11.7. The molecule has 0 fully saturated rings. The van der Waals surface area contributed by atoms with Gasteiger partial charge in [-0.05, 0) is 43.8 Å². The number of thiophene rings is 1. The molecule has 7 heteroatoms. The molecule has 0 radical (unpaired) electrons. The van der Waals surface area contributed by atoms with Crippen LogP contribution in [0, 0.1) is 0 Å². The summed E-state index contributed by atoms with van der Waals surface area (Å²) in [7, 11) is 0. The Hall–Kier alpha value is -1.40. The summed E-state index contributed by atoms with van der Waals surface area (Å²) in [5.41, 5.74) is -0.250. The maximum Gasteiger partial charge on any atom is 0.239 e. The standard InChI is InChI=1S/C12H15ClN4OS/c1-12(2,3)17-8(18)6-14-9-7-4-5-19-10(7)16-11(13)15-9/h4-5H,6H2,1-3H3,(H,17,18)(H,14,15,16). The number of anilines is 1. The summed E-state index contributed by atoms with van der Waals surface area (Å²) in [6, 6.07) is 1.90. The van der Waals surface area contributed by atoms with Gasteiger partial charge in [0.05, 0.1) is 11.9 Å². The molecule has 2 rings (SSSR count). The van der Waals surface area contributed by atoms with Crippen LogP contribution >= 0.6 is 22.9 Å². The highest BCUT2D eigenvalue weighted by Gasteiger charge is 2.14. The van der Waals surface area contributed by atoms with Crippen LogP contribution in [0.3, 0.4) is 0 Å². The van der Waals surface area contributed by atoms with Crippen LogP contribution in [-0.4, -0.2) is 28.0 Å². The SMILES string of the molecule is CC(C)(C)NC(=O)CNc1nc(Cl)nc2sccc12. The van der Waals surface area contributed by atoms with Gasteiger partial charge in [0.2, 0.25) is 11.2 Å². The zero-order valence-corrected chi connectivity index (χ0v) is 12.5. The van der Waals surface area contributed by atoms with E-state index in [9.17, 15) is 4.79 Å². The monoisotopic (exact) mass is 298 g/mol. The molecule has 2 aromatic rings. The van der Waals surface area contributed by atoms with E-state index in [1.165, 1.54) is 11.3 Å². The van der Waals surface area contributed by atoms with Gasteiger partial charge >= 0.3 is 0 Å². The number of hydrogen-bond donors (Lipinski definition) is 2. The first-order chi connectivity index (χ1) is 8.85. The molecule has 0 saturated carbocycles. The van der Waals surface area contributed by atoms with Gasteiger partial charge in [-0.1, -0.05) is 0 Å². The van der Waals surface area contributed by atoms with Gasteiger partial charge in [-0.25, -0.2) is 9.97 Å². The number of halogens is 1. The van der Waals surface area contributed by atoms with Gasteiger partial charge in [0, 0.05) is 5.54 Å². The van der Waals surface area contributed by atoms with Crippen LogP contribution in [0.25, 0.3) is 10.2 Å². The largest absolute Gasteiger partial charge is 0.360 e. The second-order valence-electron chi connectivity index (χ2n) is 5.13. The van der Waals surface area contributed by atoms with Crippen LogP contribution in [0.1, 0.15) is 20.8 Å². The van der Waals surface area contributed by atoms with E-state index in [1.807, 2.05) is 32.2 Å². The van der Waals surface area contributed by atoms with E-state index in [-0.39, 0.29) is 23.3 Å². The lowest BCUT2D eigenvalue weighted by atomic mass is 10.1. The van der Waals surface area contributed by atoms with Crippen LogP contribution < -0.4 is 10.6 Å². The third-order valence-corrected chi connectivity index (χ3v) is 3.20. The Kier molecular flexibility index (Phi) is 3.91. The van der Waals surface area contributed by atoms with Crippen molar-refractivity contribution in [1.29, 1.82) is 0 Å². The first kappa shape index (κ1) is 14.0. The van der Waals surface area contributed by atoms with Crippen molar-refractivity contribution in [3.05, 3.63) is 16.7 Å². The molecule has 0 saturated heterocycles. The molecule has 2 aromatic heterocycles. The normalized spacial score (nSPS) is 11.6. The summed E-state index contributed by atoms with van der Waals surface area (Å²) in [5, 5.41) is 8.83. The van der Waals surface area contributed by atoms with E-state index in [1.54, 1.807) is 0 Å². The minimum atomic E-state index is -0.250. The number of hydrogen-bond acceptors (Lipinski definition) is 5. The van der Waals surface area contributed by atoms with Crippen LogP contribution in [0.4, 0.5) is 5.82 Å². The molecule has 0 atom stereocenters. The molecule has 0 spiro atoms. The summed E-state index contributed by atoms with van der Waals surface area (Å²) in [6.45, 7) is 5.95. The molecule has 0 bridgehead atoms. The second-order valence-corrected chi connectivity index (χ2v) is 6.37. The van der Waals surface area contributed by atoms with Gasteiger partial charge in [-0.3, -0.25) is 4.79 Å². The van der Waals surface area contributed by atoms with E-state index in [4.69, 9.17) is 11.6 Å². The molecule has 2 N–H and O–H groups in total. The van der Waals surface area contributed by atoms with Crippen molar-refractivity contribution < 1.29 is 4.79 Å². The molecule has 0 unspecified atom stereocenters. The molecule has 0 aromatic carbocycles. The van der Waals surface area contributed by atoms with Crippen LogP contribution in [0.15, 0.2) is 11.4 Å². The Morgan fingerprint density at radius 2 is 2.16 bits per heavy atom. The van der Waals surface area contributed by atoms with Crippen molar-refractivity contribution in [2.75, 3.05) is 11.9 Å². The van der Waals surface area contributed by atoms with Gasteiger partial charge in [0.25, 0.3) is 0 Å². The number of nitrogens with zero attached hydrogens (tertiary/aromatic N) is 2. The predicted octanol–water partition coefficient (Wildman–Crippen LogP) is 2.67. The van der Waals surface area contributed by atoms with Crippen molar-refractivity contribution in [3.63, 3.8) is 0 Å². The molecular formula is C12H15ClN4OS. The molecule has 5 nitrogen and oxygen atoms in total. The zero-order chi connectivity index (χ0) is 14.0. The minimum absolute atomic E-state index is 0.0920. The third-order valence-electron chi connectivity index (χ3n) is 2.23. The maximum atomic E-state index is 11.7. The highest BCUT2D eigenvalue weighted by Crippen LogP contribution is 2.26. The van der Waals surface area contributed by atoms with Gasteiger partial charge in [-0.15, -0.1) is 11.3 Å². The van der Waals surface area contributed by atoms with Crippen LogP contribution in [0.5, 0.6) is 0 Å². The van der Waals surface area contributed by atoms with Crippen LogP contribution in [-0.2, 0) is 4.79 Å². The summed E-state index contributed by atoms with van der Waals surface area (Å²) >= 11 is 7.33. The molecular weight excluding hydrogens is 284 g/mol. The fourth-order valence-electron chi connectivity index (χ4n) is 1.59. The number of carbonyl (C=O) groups excluding carboxylic acids is 1. The molecule has 2 heterocycles. The van der Waals surface area contributed by atoms with Crippen molar-refractivity contribution in [2.45, 2.75) is 26.3 Å². The number of nitrogens with one attached hydrogen (secondary N) is 2. The average molecular weight is 299 g/mol. The highest BCUT2D eigenvalue weighted by molar-refractivity contribution is 7.16. The van der Waals surface area contributed by atoms with Crippen molar-refractivity contribution in [1.82, 2.24) is 15.3 Å². The quantitative estimate of drug-likeness (QED) is 0.855. The number of amides is 1. The van der Waals surface area contributed by atoms with Crippen molar-refractivity contribution in [2.24, 2.45) is 0 Å². The van der Waals surface area contributed by atoms with Crippen molar-refractivity contribution in [3.8, 4) is 0 Å². The summed E-state index contributed by atoms with van der Waals surface area (Å²) < 4.78 is 0. The topological polar surface area (TPSA) is 66.9 Å². The first-order valence-corrected chi connectivity index (χ1v) is 7.06. The molecule has 0 aliphatic heterocycles. The number of carbonyl (C=O) groups is 1. The van der Waals surface area contributed by atoms with Gasteiger partial charge < -0.3 is 10.6 Å². The van der Waals surface area contributed by atoms with E-state index < -0.39 is 0 Å². The Balaban J connectivity index is 2.09. The van der Waals surface area contributed by atoms with E-state index in [0.29, 0.717) is 5.82 Å². The van der Waals surface area contributed by atoms with Crippen LogP contribution in [0.2, 0.25) is 5.28 Å². The summed E-state index contributed by atoms with van der Waals surface area (Å²) in [4.78, 5) is 20.8. The van der Waals surface area contributed by atoms with Gasteiger partial charge in [0.1, 0.15) is 10.6 Å². The third kappa shape index (κ3) is 3.78. The number of fused-ring (bicyclic) bond motifs is 1. The average Bonchev–Trinajstić information content (AvgIpc) is 2.71. The zero-order valence-electron chi connectivity index (χ0n) is 11.0. The lowest BCUT2D eigenvalue weighted by molar-refractivity contribution is -0.120. The highest BCUT2D eigenvalue weighted by atomic mass is 35.5. The lowest BCUT2D eigenvalue weighted by Crippen LogP contribution is -2.43. The number of rotatable bonds is 3. The molecule has 0 aliphatic rings. The Morgan fingerprint density at radius 3 is 2.84 bits per heavy atom. The Morgan fingerprint density at radius 1 is 1.42 bits per heavy atom. The van der Waals surface area contributed by atoms with Crippen molar-refractivity contribution >= 4 is 44.9 Å². The molecule has 102 valence electrons. The van der Waals surface area contributed by atoms with E-state index in [2.05, 4.69) is 20.6 Å². The lowest BCUT2D eigenvalue weighted by Gasteiger charge is -2.20. The van der Waals surface area contributed by atoms with Gasteiger partial charge in [0.15, 0.2) is 0 Å². The minimum Gasteiger partial charge on any atom is -0.360 e.